The Morgan fingerprint density at radius 2 is 1.53 bits per heavy atom. The molecule has 0 radical (unpaired) electrons. The highest BCUT2D eigenvalue weighted by molar-refractivity contribution is 6.62. The molecule has 0 bridgehead atoms. The zero-order valence-electron chi connectivity index (χ0n) is 12.6. The van der Waals surface area contributed by atoms with E-state index in [1.165, 1.54) is 6.07 Å². The molecule has 1 fully saturated rings. The van der Waals surface area contributed by atoms with Crippen molar-refractivity contribution in [2.75, 3.05) is 0 Å². The fourth-order valence-corrected chi connectivity index (χ4v) is 2.08. The van der Waals surface area contributed by atoms with Gasteiger partial charge in [0, 0.05) is 0 Å². The Hall–Kier alpha value is -0.865. The average molecular weight is 264 g/mol. The molecule has 0 N–H and O–H groups in total. The SMILES string of the molecule is CC(C)c1cc(F)cc(B2OC(C)(C)C(C)(C)O2)c1. The quantitative estimate of drug-likeness (QED) is 0.763. The van der Waals surface area contributed by atoms with Crippen LogP contribution in [0.1, 0.15) is 53.0 Å². The summed E-state index contributed by atoms with van der Waals surface area (Å²) in [7, 11) is -0.502. The van der Waals surface area contributed by atoms with Crippen LogP contribution in [0.15, 0.2) is 18.2 Å². The minimum Gasteiger partial charge on any atom is -0.399 e. The Morgan fingerprint density at radius 3 is 2.00 bits per heavy atom. The van der Waals surface area contributed by atoms with E-state index in [4.69, 9.17) is 9.31 Å². The van der Waals surface area contributed by atoms with Crippen LogP contribution >= 0.6 is 0 Å². The number of benzene rings is 1. The van der Waals surface area contributed by atoms with Crippen molar-refractivity contribution in [2.24, 2.45) is 0 Å². The van der Waals surface area contributed by atoms with Gasteiger partial charge < -0.3 is 9.31 Å². The second kappa shape index (κ2) is 4.60. The third-order valence-corrected chi connectivity index (χ3v) is 4.13. The van der Waals surface area contributed by atoms with Gasteiger partial charge in [-0.2, -0.15) is 0 Å². The van der Waals surface area contributed by atoms with Crippen molar-refractivity contribution < 1.29 is 13.7 Å². The van der Waals surface area contributed by atoms with Crippen LogP contribution in [0, 0.1) is 5.82 Å². The van der Waals surface area contributed by atoms with E-state index in [-0.39, 0.29) is 11.7 Å². The van der Waals surface area contributed by atoms with Gasteiger partial charge in [-0.3, -0.25) is 0 Å². The lowest BCUT2D eigenvalue weighted by molar-refractivity contribution is 0.00578. The second-order valence-corrected chi connectivity index (χ2v) is 6.56. The molecular weight excluding hydrogens is 242 g/mol. The van der Waals surface area contributed by atoms with E-state index in [1.54, 1.807) is 6.07 Å². The van der Waals surface area contributed by atoms with Crippen molar-refractivity contribution >= 4 is 12.6 Å². The summed E-state index contributed by atoms with van der Waals surface area (Å²) in [5, 5.41) is 0. The van der Waals surface area contributed by atoms with Crippen molar-refractivity contribution in [3.05, 3.63) is 29.6 Å². The highest BCUT2D eigenvalue weighted by Gasteiger charge is 2.51. The van der Waals surface area contributed by atoms with E-state index in [9.17, 15) is 4.39 Å². The van der Waals surface area contributed by atoms with Gasteiger partial charge in [-0.25, -0.2) is 4.39 Å². The van der Waals surface area contributed by atoms with Gasteiger partial charge in [-0.05, 0) is 56.8 Å². The summed E-state index contributed by atoms with van der Waals surface area (Å²) in [5.74, 6) is 0.0350. The van der Waals surface area contributed by atoms with E-state index in [1.807, 2.05) is 47.6 Å². The molecule has 0 atom stereocenters. The minimum atomic E-state index is -0.502. The molecule has 0 spiro atoms. The van der Waals surface area contributed by atoms with Crippen LogP contribution in [0.4, 0.5) is 4.39 Å². The molecule has 0 amide bonds. The molecule has 1 aromatic rings. The van der Waals surface area contributed by atoms with Crippen LogP contribution in [-0.2, 0) is 9.31 Å². The van der Waals surface area contributed by atoms with E-state index >= 15 is 0 Å². The normalized spacial score (nSPS) is 21.2. The van der Waals surface area contributed by atoms with E-state index < -0.39 is 18.3 Å². The lowest BCUT2D eigenvalue weighted by Crippen LogP contribution is -2.41. The third-order valence-electron chi connectivity index (χ3n) is 4.13. The molecule has 1 saturated heterocycles. The number of hydrogen-bond donors (Lipinski definition) is 0. The number of rotatable bonds is 2. The summed E-state index contributed by atoms with van der Waals surface area (Å²) in [6, 6.07) is 5.03. The first kappa shape index (κ1) is 14.5. The van der Waals surface area contributed by atoms with Crippen molar-refractivity contribution in [3.63, 3.8) is 0 Å². The fraction of sp³-hybridized carbons (Fsp3) is 0.600. The molecular formula is C15H22BFO2. The zero-order valence-corrected chi connectivity index (χ0v) is 12.6. The molecule has 1 aromatic carbocycles. The van der Waals surface area contributed by atoms with Crippen molar-refractivity contribution in [1.29, 1.82) is 0 Å². The largest absolute Gasteiger partial charge is 0.494 e. The molecule has 0 aliphatic carbocycles. The Bertz CT molecular complexity index is 467. The Morgan fingerprint density at radius 1 is 1.00 bits per heavy atom. The molecule has 2 rings (SSSR count). The van der Waals surface area contributed by atoms with Gasteiger partial charge in [-0.15, -0.1) is 0 Å². The van der Waals surface area contributed by atoms with Gasteiger partial charge >= 0.3 is 7.12 Å². The summed E-state index contributed by atoms with van der Waals surface area (Å²) in [6.45, 7) is 12.1. The fourth-order valence-electron chi connectivity index (χ4n) is 2.08. The highest BCUT2D eigenvalue weighted by atomic mass is 19.1. The molecule has 19 heavy (non-hydrogen) atoms. The first-order chi connectivity index (χ1) is 8.62. The highest BCUT2D eigenvalue weighted by Crippen LogP contribution is 2.36. The second-order valence-electron chi connectivity index (χ2n) is 6.56. The lowest BCUT2D eigenvalue weighted by atomic mass is 9.77. The standard InChI is InChI=1S/C15H22BFO2/c1-10(2)11-7-12(9-13(17)8-11)16-18-14(3,4)15(5,6)19-16/h7-10H,1-6H3. The maximum Gasteiger partial charge on any atom is 0.494 e. The van der Waals surface area contributed by atoms with Crippen molar-refractivity contribution in [3.8, 4) is 0 Å². The Labute approximate surface area is 115 Å². The summed E-state index contributed by atoms with van der Waals surface area (Å²) >= 11 is 0. The molecule has 2 nitrogen and oxygen atoms in total. The zero-order chi connectivity index (χ0) is 14.4. The number of halogens is 1. The van der Waals surface area contributed by atoms with Gasteiger partial charge in [0.15, 0.2) is 0 Å². The van der Waals surface area contributed by atoms with Crippen LogP contribution in [0.5, 0.6) is 0 Å². The van der Waals surface area contributed by atoms with Crippen molar-refractivity contribution in [2.45, 2.75) is 58.7 Å². The van der Waals surface area contributed by atoms with E-state index in [2.05, 4.69) is 0 Å². The lowest BCUT2D eigenvalue weighted by Gasteiger charge is -2.32. The maximum atomic E-state index is 13.7. The van der Waals surface area contributed by atoms with E-state index in [0.717, 1.165) is 11.0 Å². The van der Waals surface area contributed by atoms with Gasteiger partial charge in [0.1, 0.15) is 5.82 Å². The van der Waals surface area contributed by atoms with Crippen LogP contribution in [0.3, 0.4) is 0 Å². The smallest absolute Gasteiger partial charge is 0.399 e. The monoisotopic (exact) mass is 264 g/mol. The van der Waals surface area contributed by atoms with Crippen LogP contribution in [-0.4, -0.2) is 18.3 Å². The van der Waals surface area contributed by atoms with Gasteiger partial charge in [-0.1, -0.05) is 19.9 Å². The van der Waals surface area contributed by atoms with Gasteiger partial charge in [0.05, 0.1) is 11.2 Å². The summed E-state index contributed by atoms with van der Waals surface area (Å²) < 4.78 is 25.6. The molecule has 104 valence electrons. The van der Waals surface area contributed by atoms with Gasteiger partial charge in [0.25, 0.3) is 0 Å². The average Bonchev–Trinajstić information content (AvgIpc) is 2.47. The molecule has 1 aliphatic rings. The number of hydrogen-bond acceptors (Lipinski definition) is 2. The molecule has 0 unspecified atom stereocenters. The third kappa shape index (κ3) is 2.70. The van der Waals surface area contributed by atoms with E-state index in [0.29, 0.717) is 0 Å². The first-order valence-electron chi connectivity index (χ1n) is 6.78. The van der Waals surface area contributed by atoms with Crippen LogP contribution in [0.2, 0.25) is 0 Å². The molecule has 0 aromatic heterocycles. The Kier molecular flexibility index (Phi) is 3.52. The van der Waals surface area contributed by atoms with Crippen LogP contribution in [0.25, 0.3) is 0 Å². The molecule has 0 saturated carbocycles. The molecule has 4 heteroatoms. The predicted molar refractivity (Wildman–Crippen MR) is 76.2 cm³/mol. The Balaban J connectivity index is 2.34. The summed E-state index contributed by atoms with van der Waals surface area (Å²) in [4.78, 5) is 0. The van der Waals surface area contributed by atoms with Crippen molar-refractivity contribution in [1.82, 2.24) is 0 Å². The van der Waals surface area contributed by atoms with Gasteiger partial charge in [0.2, 0.25) is 0 Å². The molecule has 1 aliphatic heterocycles. The minimum absolute atomic E-state index is 0.240. The topological polar surface area (TPSA) is 18.5 Å². The first-order valence-corrected chi connectivity index (χ1v) is 6.78. The van der Waals surface area contributed by atoms with Crippen LogP contribution < -0.4 is 5.46 Å². The predicted octanol–water partition coefficient (Wildman–Crippen LogP) is 3.25. The summed E-state index contributed by atoms with van der Waals surface area (Å²) in [5.41, 5.74) is 0.913. The maximum absolute atomic E-state index is 13.7. The molecule has 1 heterocycles. The summed E-state index contributed by atoms with van der Waals surface area (Å²) in [6.07, 6.45) is 0.